The van der Waals surface area contributed by atoms with Crippen molar-refractivity contribution in [3.8, 4) is 0 Å². The molecule has 2 aromatic rings. The van der Waals surface area contributed by atoms with Crippen LogP contribution >= 0.6 is 11.6 Å². The largest absolute Gasteiger partial charge is 0.488 e. The van der Waals surface area contributed by atoms with Crippen LogP contribution in [0.2, 0.25) is 5.02 Å². The number of rotatable bonds is 3. The molecule has 0 radical (unpaired) electrons. The maximum absolute atomic E-state index is 11.8. The first-order chi connectivity index (χ1) is 9.54. The third-order valence-electron chi connectivity index (χ3n) is 2.54. The van der Waals surface area contributed by atoms with Gasteiger partial charge in [0, 0.05) is 16.4 Å². The number of halogens is 1. The molecular weight excluding hydrogens is 278 g/mol. The predicted octanol–water partition coefficient (Wildman–Crippen LogP) is 1.66. The van der Waals surface area contributed by atoms with E-state index in [-0.39, 0.29) is 0 Å². The van der Waals surface area contributed by atoms with Gasteiger partial charge in [0.15, 0.2) is 0 Å². The lowest BCUT2D eigenvalue weighted by Crippen LogP contribution is -2.30. The van der Waals surface area contributed by atoms with Gasteiger partial charge < -0.3 is 20.7 Å². The third-order valence-corrected chi connectivity index (χ3v) is 2.80. The standard InChI is InChI=1S/C13H12BClN2O3/c15-10-4-6-11(7-5-10)16-13(18)17-12-3-1-2-9(8-12)14(19)20/h1-8,19-20H,(H2,16,17,18). The van der Waals surface area contributed by atoms with E-state index in [4.69, 9.17) is 21.6 Å². The Hall–Kier alpha value is -2.02. The quantitative estimate of drug-likeness (QED) is 0.649. The van der Waals surface area contributed by atoms with Crippen molar-refractivity contribution in [3.63, 3.8) is 0 Å². The van der Waals surface area contributed by atoms with E-state index in [1.807, 2.05) is 0 Å². The molecule has 0 bridgehead atoms. The van der Waals surface area contributed by atoms with E-state index >= 15 is 0 Å². The van der Waals surface area contributed by atoms with Crippen molar-refractivity contribution in [2.45, 2.75) is 0 Å². The van der Waals surface area contributed by atoms with Crippen LogP contribution in [-0.4, -0.2) is 23.2 Å². The number of hydrogen-bond acceptors (Lipinski definition) is 3. The molecule has 0 fully saturated rings. The average molecular weight is 291 g/mol. The van der Waals surface area contributed by atoms with E-state index in [1.165, 1.54) is 6.07 Å². The molecule has 102 valence electrons. The molecule has 0 aliphatic rings. The predicted molar refractivity (Wildman–Crippen MR) is 80.4 cm³/mol. The number of anilines is 2. The van der Waals surface area contributed by atoms with Gasteiger partial charge in [-0.25, -0.2) is 4.79 Å². The second-order valence-corrected chi connectivity index (χ2v) is 4.52. The molecular formula is C13H12BClN2O3. The normalized spacial score (nSPS) is 9.95. The molecule has 0 saturated carbocycles. The fourth-order valence-electron chi connectivity index (χ4n) is 1.60. The number of nitrogens with one attached hydrogen (secondary N) is 2. The Morgan fingerprint density at radius 1 is 1.00 bits per heavy atom. The van der Waals surface area contributed by atoms with Crippen molar-refractivity contribution >= 4 is 41.6 Å². The molecule has 0 heterocycles. The monoisotopic (exact) mass is 290 g/mol. The first-order valence-electron chi connectivity index (χ1n) is 5.84. The topological polar surface area (TPSA) is 81.6 Å². The van der Waals surface area contributed by atoms with Crippen molar-refractivity contribution < 1.29 is 14.8 Å². The number of carbonyl (C=O) groups is 1. The van der Waals surface area contributed by atoms with Crippen LogP contribution in [0.3, 0.4) is 0 Å². The lowest BCUT2D eigenvalue weighted by Gasteiger charge is -2.09. The molecule has 2 aromatic carbocycles. The Bertz CT molecular complexity index is 605. The Morgan fingerprint density at radius 2 is 1.65 bits per heavy atom. The number of hydrogen-bond donors (Lipinski definition) is 4. The van der Waals surface area contributed by atoms with Crippen molar-refractivity contribution in [3.05, 3.63) is 53.6 Å². The van der Waals surface area contributed by atoms with Gasteiger partial charge >= 0.3 is 13.1 Å². The van der Waals surface area contributed by atoms with Crippen LogP contribution in [0.15, 0.2) is 48.5 Å². The molecule has 7 heteroatoms. The molecule has 0 atom stereocenters. The van der Waals surface area contributed by atoms with E-state index in [1.54, 1.807) is 42.5 Å². The van der Waals surface area contributed by atoms with Crippen LogP contribution in [0.1, 0.15) is 0 Å². The average Bonchev–Trinajstić information content (AvgIpc) is 2.41. The molecule has 20 heavy (non-hydrogen) atoms. The highest BCUT2D eigenvalue weighted by molar-refractivity contribution is 6.58. The highest BCUT2D eigenvalue weighted by atomic mass is 35.5. The highest BCUT2D eigenvalue weighted by Gasteiger charge is 2.11. The second kappa shape index (κ2) is 6.43. The van der Waals surface area contributed by atoms with Gasteiger partial charge in [-0.15, -0.1) is 0 Å². The fourth-order valence-corrected chi connectivity index (χ4v) is 1.73. The van der Waals surface area contributed by atoms with Gasteiger partial charge in [-0.05, 0) is 41.9 Å². The summed E-state index contributed by atoms with van der Waals surface area (Å²) < 4.78 is 0. The molecule has 0 saturated heterocycles. The molecule has 2 rings (SSSR count). The Kier molecular flexibility index (Phi) is 4.63. The summed E-state index contributed by atoms with van der Waals surface area (Å²) in [5.41, 5.74) is 1.36. The zero-order valence-corrected chi connectivity index (χ0v) is 11.1. The first-order valence-corrected chi connectivity index (χ1v) is 6.22. The lowest BCUT2D eigenvalue weighted by molar-refractivity contribution is 0.262. The molecule has 0 spiro atoms. The van der Waals surface area contributed by atoms with Gasteiger partial charge in [0.25, 0.3) is 0 Å². The lowest BCUT2D eigenvalue weighted by atomic mass is 9.80. The van der Waals surface area contributed by atoms with Crippen LogP contribution in [-0.2, 0) is 0 Å². The number of benzene rings is 2. The summed E-state index contributed by atoms with van der Waals surface area (Å²) >= 11 is 5.75. The van der Waals surface area contributed by atoms with Crippen LogP contribution in [0, 0.1) is 0 Å². The van der Waals surface area contributed by atoms with Crippen molar-refractivity contribution in [1.29, 1.82) is 0 Å². The SMILES string of the molecule is O=C(Nc1ccc(Cl)cc1)Nc1cccc(B(O)O)c1. The van der Waals surface area contributed by atoms with E-state index in [2.05, 4.69) is 10.6 Å². The number of carbonyl (C=O) groups excluding carboxylic acids is 1. The maximum Gasteiger partial charge on any atom is 0.488 e. The van der Waals surface area contributed by atoms with Crippen LogP contribution in [0.25, 0.3) is 0 Å². The Labute approximate surface area is 121 Å². The minimum atomic E-state index is -1.57. The molecule has 5 nitrogen and oxygen atoms in total. The summed E-state index contributed by atoms with van der Waals surface area (Å²) in [5.74, 6) is 0. The van der Waals surface area contributed by atoms with Gasteiger partial charge in [-0.3, -0.25) is 0 Å². The molecule has 0 aliphatic heterocycles. The van der Waals surface area contributed by atoms with Gasteiger partial charge in [-0.1, -0.05) is 23.7 Å². The zero-order valence-electron chi connectivity index (χ0n) is 10.4. The molecule has 2 amide bonds. The fraction of sp³-hybridized carbons (Fsp3) is 0. The van der Waals surface area contributed by atoms with Crippen LogP contribution in [0.4, 0.5) is 16.2 Å². The van der Waals surface area contributed by atoms with Crippen LogP contribution < -0.4 is 16.1 Å². The van der Waals surface area contributed by atoms with Gasteiger partial charge in [0.05, 0.1) is 0 Å². The highest BCUT2D eigenvalue weighted by Crippen LogP contribution is 2.14. The van der Waals surface area contributed by atoms with E-state index in [0.717, 1.165) is 0 Å². The molecule has 0 aliphatic carbocycles. The minimum Gasteiger partial charge on any atom is -0.423 e. The summed E-state index contributed by atoms with van der Waals surface area (Å²) in [4.78, 5) is 11.8. The van der Waals surface area contributed by atoms with Crippen LogP contribution in [0.5, 0.6) is 0 Å². The summed E-state index contributed by atoms with van der Waals surface area (Å²) in [7, 11) is -1.57. The van der Waals surface area contributed by atoms with Gasteiger partial charge in [-0.2, -0.15) is 0 Å². The first kappa shape index (κ1) is 14.4. The zero-order chi connectivity index (χ0) is 14.5. The molecule has 0 unspecified atom stereocenters. The maximum atomic E-state index is 11.8. The smallest absolute Gasteiger partial charge is 0.423 e. The molecule has 0 aromatic heterocycles. The Morgan fingerprint density at radius 3 is 2.30 bits per heavy atom. The second-order valence-electron chi connectivity index (χ2n) is 4.09. The summed E-state index contributed by atoms with van der Waals surface area (Å²) in [6.45, 7) is 0. The number of urea groups is 1. The van der Waals surface area contributed by atoms with Crippen molar-refractivity contribution in [1.82, 2.24) is 0 Å². The summed E-state index contributed by atoms with van der Waals surface area (Å²) in [6.07, 6.45) is 0. The van der Waals surface area contributed by atoms with Gasteiger partial charge in [0.1, 0.15) is 0 Å². The molecule has 4 N–H and O–H groups in total. The van der Waals surface area contributed by atoms with E-state index in [9.17, 15) is 4.79 Å². The van der Waals surface area contributed by atoms with E-state index in [0.29, 0.717) is 21.9 Å². The minimum absolute atomic E-state index is 0.300. The third kappa shape index (κ3) is 3.99. The van der Waals surface area contributed by atoms with Crippen molar-refractivity contribution in [2.75, 3.05) is 10.6 Å². The van der Waals surface area contributed by atoms with E-state index < -0.39 is 13.1 Å². The Balaban J connectivity index is 2.01. The van der Waals surface area contributed by atoms with Crippen molar-refractivity contribution in [2.24, 2.45) is 0 Å². The summed E-state index contributed by atoms with van der Waals surface area (Å²) in [6, 6.07) is 12.5. The van der Waals surface area contributed by atoms with Gasteiger partial charge in [0.2, 0.25) is 0 Å². The summed E-state index contributed by atoms with van der Waals surface area (Å²) in [5, 5.41) is 23.9. The number of amides is 2.